The summed E-state index contributed by atoms with van der Waals surface area (Å²) in [6.45, 7) is 1.45. The van der Waals surface area contributed by atoms with Gasteiger partial charge >= 0.3 is 5.97 Å². The van der Waals surface area contributed by atoms with Crippen LogP contribution in [-0.2, 0) is 14.3 Å². The minimum atomic E-state index is -0.381. The van der Waals surface area contributed by atoms with Crippen LogP contribution in [-0.4, -0.2) is 38.1 Å². The molecule has 0 aliphatic carbocycles. The number of hydrogen-bond donors (Lipinski definition) is 0. The maximum atomic E-state index is 10.9. The number of carbonyl (C=O) groups is 1. The van der Waals surface area contributed by atoms with Crippen molar-refractivity contribution in [3.05, 3.63) is 90.5 Å². The summed E-state index contributed by atoms with van der Waals surface area (Å²) in [5.41, 5.74) is 3.34. The maximum absolute atomic E-state index is 10.9. The molecule has 0 radical (unpaired) electrons. The predicted molar refractivity (Wildman–Crippen MR) is 149 cm³/mol. The third kappa shape index (κ3) is 5.66. The van der Waals surface area contributed by atoms with Gasteiger partial charge in [0, 0.05) is 18.1 Å². The lowest BCUT2D eigenvalue weighted by molar-refractivity contribution is -0.143. The number of rotatable bonds is 9. The van der Waals surface area contributed by atoms with Gasteiger partial charge in [-0.1, -0.05) is 60.7 Å². The second-order valence-electron chi connectivity index (χ2n) is 8.81. The van der Waals surface area contributed by atoms with Crippen molar-refractivity contribution in [3.63, 3.8) is 0 Å². The summed E-state index contributed by atoms with van der Waals surface area (Å²) in [6, 6.07) is 30.3. The molecule has 1 heterocycles. The number of aromatic nitrogens is 1. The van der Waals surface area contributed by atoms with Gasteiger partial charge in [-0.15, -0.1) is 0 Å². The molecule has 0 fully saturated rings. The first-order valence-electron chi connectivity index (χ1n) is 12.4. The summed E-state index contributed by atoms with van der Waals surface area (Å²) in [4.78, 5) is 15.7. The number of methoxy groups -OCH3 is 1. The first-order valence-corrected chi connectivity index (χ1v) is 12.4. The summed E-state index contributed by atoms with van der Waals surface area (Å²) < 4.78 is 21.4. The number of nitrogens with zero attached hydrogens (tertiary/aromatic N) is 2. The van der Waals surface area contributed by atoms with E-state index in [2.05, 4.69) is 42.5 Å². The zero-order valence-corrected chi connectivity index (χ0v) is 21.6. The lowest BCUT2D eigenvalue weighted by Gasteiger charge is -2.14. The molecule has 0 saturated heterocycles. The van der Waals surface area contributed by atoms with E-state index in [0.717, 1.165) is 21.9 Å². The fourth-order valence-corrected chi connectivity index (χ4v) is 4.45. The number of carbonyl (C=O) groups excluding carboxylic acids is 1. The van der Waals surface area contributed by atoms with Crippen LogP contribution in [0, 0.1) is 11.3 Å². The minimum Gasteiger partial charge on any atom is -0.497 e. The first kappa shape index (κ1) is 25.7. The van der Waals surface area contributed by atoms with Crippen LogP contribution in [0.15, 0.2) is 84.9 Å². The molecule has 0 saturated carbocycles. The second kappa shape index (κ2) is 11.6. The molecule has 0 aliphatic rings. The van der Waals surface area contributed by atoms with E-state index < -0.39 is 0 Å². The third-order valence-corrected chi connectivity index (χ3v) is 6.35. The Labute approximate surface area is 226 Å². The number of nitriles is 1. The molecule has 194 valence electrons. The monoisotopic (exact) mass is 518 g/mol. The van der Waals surface area contributed by atoms with Gasteiger partial charge in [0.25, 0.3) is 0 Å². The standard InChI is InChI=1S/C32H26N2O5/c1-21(35)38-16-15-37-20-39-32-30(19-33)29(23-9-12-26(36-2)13-10-23)18-31(34-32)25-11-14-28-24(17-25)8-7-22-5-3-4-6-27(22)28/h3-14,17-18H,15-16,20H2,1-2H3. The molecule has 4 aromatic carbocycles. The number of ether oxygens (including phenoxy) is 4. The SMILES string of the molecule is COc1ccc(-c2cc(-c3ccc4c(ccc5ccccc54)c3)nc(OCOCCOC(C)=O)c2C#N)cc1. The molecular weight excluding hydrogens is 492 g/mol. The highest BCUT2D eigenvalue weighted by atomic mass is 16.7. The van der Waals surface area contributed by atoms with Crippen molar-refractivity contribution in [1.29, 1.82) is 5.26 Å². The van der Waals surface area contributed by atoms with Crippen molar-refractivity contribution in [2.75, 3.05) is 27.1 Å². The summed E-state index contributed by atoms with van der Waals surface area (Å²) in [5.74, 6) is 0.492. The molecule has 7 nitrogen and oxygen atoms in total. The molecule has 0 amide bonds. The van der Waals surface area contributed by atoms with Crippen LogP contribution in [0.25, 0.3) is 43.9 Å². The summed E-state index contributed by atoms with van der Waals surface area (Å²) >= 11 is 0. The topological polar surface area (TPSA) is 90.7 Å². The van der Waals surface area contributed by atoms with Crippen LogP contribution < -0.4 is 9.47 Å². The Morgan fingerprint density at radius 2 is 1.62 bits per heavy atom. The van der Waals surface area contributed by atoms with Gasteiger partial charge < -0.3 is 18.9 Å². The molecule has 0 spiro atoms. The van der Waals surface area contributed by atoms with Crippen molar-refractivity contribution < 1.29 is 23.7 Å². The van der Waals surface area contributed by atoms with Gasteiger partial charge in [-0.2, -0.15) is 5.26 Å². The van der Waals surface area contributed by atoms with Gasteiger partial charge in [-0.3, -0.25) is 4.79 Å². The first-order chi connectivity index (χ1) is 19.1. The van der Waals surface area contributed by atoms with Crippen LogP contribution in [0.3, 0.4) is 0 Å². The van der Waals surface area contributed by atoms with E-state index >= 15 is 0 Å². The predicted octanol–water partition coefficient (Wildman–Crippen LogP) is 6.52. The molecular formula is C32H26N2O5. The van der Waals surface area contributed by atoms with Gasteiger partial charge in [0.2, 0.25) is 5.88 Å². The smallest absolute Gasteiger partial charge is 0.302 e. The van der Waals surface area contributed by atoms with Crippen molar-refractivity contribution in [2.24, 2.45) is 0 Å². The largest absolute Gasteiger partial charge is 0.497 e. The van der Waals surface area contributed by atoms with Crippen molar-refractivity contribution in [1.82, 2.24) is 4.98 Å². The van der Waals surface area contributed by atoms with Gasteiger partial charge in [0.15, 0.2) is 6.79 Å². The van der Waals surface area contributed by atoms with Crippen molar-refractivity contribution in [2.45, 2.75) is 6.92 Å². The van der Waals surface area contributed by atoms with E-state index in [4.69, 9.17) is 23.9 Å². The van der Waals surface area contributed by atoms with Crippen LogP contribution in [0.1, 0.15) is 12.5 Å². The van der Waals surface area contributed by atoms with Crippen LogP contribution in [0.4, 0.5) is 0 Å². The Bertz CT molecular complexity index is 1690. The Hall–Kier alpha value is -4.93. The van der Waals surface area contributed by atoms with Crippen molar-refractivity contribution in [3.8, 4) is 40.1 Å². The highest BCUT2D eigenvalue weighted by Crippen LogP contribution is 2.36. The van der Waals surface area contributed by atoms with Gasteiger partial charge in [-0.25, -0.2) is 4.98 Å². The van der Waals surface area contributed by atoms with E-state index in [1.807, 2.05) is 48.5 Å². The highest BCUT2D eigenvalue weighted by molar-refractivity contribution is 6.08. The Morgan fingerprint density at radius 3 is 2.38 bits per heavy atom. The Kier molecular flexibility index (Phi) is 7.67. The maximum Gasteiger partial charge on any atom is 0.302 e. The zero-order valence-electron chi connectivity index (χ0n) is 21.6. The third-order valence-electron chi connectivity index (χ3n) is 6.35. The molecule has 7 heteroatoms. The Morgan fingerprint density at radius 1 is 0.872 bits per heavy atom. The van der Waals surface area contributed by atoms with Crippen LogP contribution >= 0.6 is 0 Å². The van der Waals surface area contributed by atoms with Gasteiger partial charge in [0.05, 0.1) is 19.4 Å². The number of esters is 1. The van der Waals surface area contributed by atoms with E-state index in [-0.39, 0.29) is 31.9 Å². The fraction of sp³-hybridized carbons (Fsp3) is 0.156. The zero-order chi connectivity index (χ0) is 27.2. The molecule has 0 unspecified atom stereocenters. The molecule has 5 rings (SSSR count). The van der Waals surface area contributed by atoms with E-state index in [1.54, 1.807) is 7.11 Å². The molecule has 0 N–H and O–H groups in total. The molecule has 0 atom stereocenters. The summed E-state index contributed by atoms with van der Waals surface area (Å²) in [7, 11) is 1.61. The van der Waals surface area contributed by atoms with Gasteiger partial charge in [-0.05, 0) is 51.4 Å². The van der Waals surface area contributed by atoms with Crippen molar-refractivity contribution >= 4 is 27.5 Å². The number of benzene rings is 4. The molecule has 5 aromatic rings. The molecule has 1 aromatic heterocycles. The lowest BCUT2D eigenvalue weighted by atomic mass is 9.96. The van der Waals surface area contributed by atoms with Gasteiger partial charge in [0.1, 0.15) is 24.0 Å². The van der Waals surface area contributed by atoms with Crippen LogP contribution in [0.5, 0.6) is 11.6 Å². The average Bonchev–Trinajstić information content (AvgIpc) is 2.98. The Balaban J connectivity index is 1.55. The minimum absolute atomic E-state index is 0.111. The molecule has 0 bridgehead atoms. The summed E-state index contributed by atoms with van der Waals surface area (Å²) in [6.07, 6.45) is 0. The van der Waals surface area contributed by atoms with E-state index in [1.165, 1.54) is 17.7 Å². The molecule has 39 heavy (non-hydrogen) atoms. The van der Waals surface area contributed by atoms with Crippen LogP contribution in [0.2, 0.25) is 0 Å². The highest BCUT2D eigenvalue weighted by Gasteiger charge is 2.17. The number of hydrogen-bond acceptors (Lipinski definition) is 7. The number of fused-ring (bicyclic) bond motifs is 3. The second-order valence-corrected chi connectivity index (χ2v) is 8.81. The van der Waals surface area contributed by atoms with E-state index in [9.17, 15) is 10.1 Å². The van der Waals surface area contributed by atoms with E-state index in [0.29, 0.717) is 22.6 Å². The normalized spacial score (nSPS) is 10.8. The summed E-state index contributed by atoms with van der Waals surface area (Å²) in [5, 5.41) is 14.7. The lowest BCUT2D eigenvalue weighted by Crippen LogP contribution is -2.12. The average molecular weight is 519 g/mol. The molecule has 0 aliphatic heterocycles. The quantitative estimate of drug-likeness (QED) is 0.0950. The fourth-order valence-electron chi connectivity index (χ4n) is 4.45. The number of pyridine rings is 1.